The summed E-state index contributed by atoms with van der Waals surface area (Å²) in [4.78, 5) is 31.7. The van der Waals surface area contributed by atoms with E-state index in [1.54, 1.807) is 45.2 Å². The number of nitrogens with zero attached hydrogens (tertiary/aromatic N) is 2. The normalized spacial score (nSPS) is 12.1. The van der Waals surface area contributed by atoms with Crippen molar-refractivity contribution in [3.63, 3.8) is 0 Å². The number of hydrogen-bond acceptors (Lipinski definition) is 6. The largest absolute Gasteiger partial charge is 0.444 e. The maximum Gasteiger partial charge on any atom is 0.405 e. The zero-order chi connectivity index (χ0) is 20.0. The van der Waals surface area contributed by atoms with Gasteiger partial charge in [-0.2, -0.15) is 0 Å². The van der Waals surface area contributed by atoms with Gasteiger partial charge in [-0.1, -0.05) is 18.5 Å². The molecular formula is C18H22ClN5O3. The molecule has 0 fully saturated rings. The quantitative estimate of drug-likeness (QED) is 0.661. The Morgan fingerprint density at radius 2 is 2.00 bits per heavy atom. The molecule has 2 aromatic heterocycles. The minimum Gasteiger partial charge on any atom is -0.444 e. The first-order chi connectivity index (χ1) is 12.7. The Hall–Kier alpha value is -2.87. The monoisotopic (exact) mass is 391 g/mol. The van der Waals surface area contributed by atoms with Gasteiger partial charge in [0.2, 0.25) is 5.91 Å². The molecule has 2 amide bonds. The second kappa shape index (κ2) is 8.68. The number of anilines is 3. The van der Waals surface area contributed by atoms with Gasteiger partial charge in [0.1, 0.15) is 11.4 Å². The molecule has 0 bridgehead atoms. The number of rotatable bonds is 7. The van der Waals surface area contributed by atoms with Gasteiger partial charge >= 0.3 is 6.09 Å². The van der Waals surface area contributed by atoms with Gasteiger partial charge < -0.3 is 21.1 Å². The standard InChI is InChI=1S/C18H22ClN5O3/c1-11(8-18(2,3)27-17(20)26)16(25)24-14-10-21-7-6-13(14)23-15-5-4-12(19)9-22-15/h4-7,9-11H,8H2,1-3H3,(H2,20,26)(H,24,25)(H,21,22,23). The summed E-state index contributed by atoms with van der Waals surface area (Å²) in [6, 6.07) is 5.15. The van der Waals surface area contributed by atoms with Crippen LogP contribution in [0.5, 0.6) is 0 Å². The Bertz CT molecular complexity index is 811. The van der Waals surface area contributed by atoms with Crippen molar-refractivity contribution in [3.05, 3.63) is 41.8 Å². The van der Waals surface area contributed by atoms with E-state index >= 15 is 0 Å². The van der Waals surface area contributed by atoms with Crippen LogP contribution in [0, 0.1) is 5.92 Å². The van der Waals surface area contributed by atoms with Crippen LogP contribution < -0.4 is 16.4 Å². The summed E-state index contributed by atoms with van der Waals surface area (Å²) in [7, 11) is 0. The lowest BCUT2D eigenvalue weighted by atomic mass is 9.94. The SMILES string of the molecule is CC(CC(C)(C)OC(N)=O)C(=O)Nc1cnccc1Nc1ccc(Cl)cn1. The number of carbonyl (C=O) groups excluding carboxylic acids is 2. The number of nitrogens with two attached hydrogens (primary N) is 1. The molecule has 144 valence electrons. The third-order valence-corrected chi connectivity index (χ3v) is 3.91. The second-order valence-corrected chi connectivity index (χ2v) is 7.12. The summed E-state index contributed by atoms with van der Waals surface area (Å²) in [6.45, 7) is 5.14. The molecule has 0 aliphatic rings. The fourth-order valence-electron chi connectivity index (χ4n) is 2.59. The number of hydrogen-bond donors (Lipinski definition) is 3. The Kier molecular flexibility index (Phi) is 6.57. The maximum atomic E-state index is 12.6. The highest BCUT2D eigenvalue weighted by molar-refractivity contribution is 6.30. The highest BCUT2D eigenvalue weighted by Crippen LogP contribution is 2.26. The Morgan fingerprint density at radius 3 is 2.63 bits per heavy atom. The van der Waals surface area contributed by atoms with Crippen LogP contribution in [0.25, 0.3) is 0 Å². The van der Waals surface area contributed by atoms with Crippen LogP contribution in [0.15, 0.2) is 36.8 Å². The van der Waals surface area contributed by atoms with Crippen LogP contribution >= 0.6 is 11.6 Å². The first-order valence-corrected chi connectivity index (χ1v) is 8.66. The van der Waals surface area contributed by atoms with E-state index in [2.05, 4.69) is 20.6 Å². The van der Waals surface area contributed by atoms with Gasteiger partial charge in [0.15, 0.2) is 0 Å². The van der Waals surface area contributed by atoms with Gasteiger partial charge in [0.25, 0.3) is 0 Å². The molecule has 27 heavy (non-hydrogen) atoms. The molecule has 0 aromatic carbocycles. The van der Waals surface area contributed by atoms with Crippen LogP contribution in [0.1, 0.15) is 27.2 Å². The molecule has 4 N–H and O–H groups in total. The zero-order valence-corrected chi connectivity index (χ0v) is 16.1. The van der Waals surface area contributed by atoms with Gasteiger partial charge in [-0.3, -0.25) is 9.78 Å². The van der Waals surface area contributed by atoms with Gasteiger partial charge in [0, 0.05) is 18.3 Å². The van der Waals surface area contributed by atoms with E-state index in [4.69, 9.17) is 22.1 Å². The van der Waals surface area contributed by atoms with E-state index in [-0.39, 0.29) is 5.91 Å². The number of nitrogens with one attached hydrogen (secondary N) is 2. The van der Waals surface area contributed by atoms with Crippen LogP contribution in [0.2, 0.25) is 5.02 Å². The lowest BCUT2D eigenvalue weighted by molar-refractivity contribution is -0.121. The number of primary amides is 1. The van der Waals surface area contributed by atoms with Crippen LogP contribution in [-0.4, -0.2) is 27.6 Å². The molecule has 1 unspecified atom stereocenters. The fraction of sp³-hybridized carbons (Fsp3) is 0.333. The molecule has 0 radical (unpaired) electrons. The lowest BCUT2D eigenvalue weighted by Crippen LogP contribution is -2.35. The first kappa shape index (κ1) is 20.4. The van der Waals surface area contributed by atoms with Crippen molar-refractivity contribution in [2.24, 2.45) is 11.7 Å². The van der Waals surface area contributed by atoms with Gasteiger partial charge in [-0.25, -0.2) is 9.78 Å². The van der Waals surface area contributed by atoms with Crippen LogP contribution in [0.4, 0.5) is 22.0 Å². The summed E-state index contributed by atoms with van der Waals surface area (Å²) in [5.74, 6) is -0.0949. The molecule has 1 atom stereocenters. The van der Waals surface area contributed by atoms with Crippen LogP contribution in [-0.2, 0) is 9.53 Å². The number of carbonyl (C=O) groups is 2. The van der Waals surface area contributed by atoms with Crippen LogP contribution in [0.3, 0.4) is 0 Å². The van der Waals surface area contributed by atoms with E-state index in [1.807, 2.05) is 0 Å². The highest BCUT2D eigenvalue weighted by Gasteiger charge is 2.28. The number of amides is 2. The second-order valence-electron chi connectivity index (χ2n) is 6.68. The zero-order valence-electron chi connectivity index (χ0n) is 15.3. The molecule has 0 saturated heterocycles. The van der Waals surface area contributed by atoms with Crippen molar-refractivity contribution in [1.82, 2.24) is 9.97 Å². The predicted molar refractivity (Wildman–Crippen MR) is 104 cm³/mol. The molecule has 0 spiro atoms. The summed E-state index contributed by atoms with van der Waals surface area (Å²) in [6.07, 6.45) is 4.09. The first-order valence-electron chi connectivity index (χ1n) is 8.28. The Labute approximate surface area is 162 Å². The van der Waals surface area contributed by atoms with Crippen molar-refractivity contribution in [3.8, 4) is 0 Å². The number of pyridine rings is 2. The van der Waals surface area contributed by atoms with E-state index in [0.717, 1.165) is 0 Å². The summed E-state index contributed by atoms with van der Waals surface area (Å²) in [5, 5.41) is 6.46. The molecule has 2 heterocycles. The smallest absolute Gasteiger partial charge is 0.405 e. The lowest BCUT2D eigenvalue weighted by Gasteiger charge is -2.27. The van der Waals surface area contributed by atoms with Gasteiger partial charge in [0.05, 0.1) is 22.6 Å². The Balaban J connectivity index is 2.07. The predicted octanol–water partition coefficient (Wildman–Crippen LogP) is 3.71. The topological polar surface area (TPSA) is 119 Å². The fourth-order valence-corrected chi connectivity index (χ4v) is 2.70. The molecule has 9 heteroatoms. The van der Waals surface area contributed by atoms with Crippen molar-refractivity contribution in [2.75, 3.05) is 10.6 Å². The van der Waals surface area contributed by atoms with Crippen molar-refractivity contribution in [2.45, 2.75) is 32.8 Å². The van der Waals surface area contributed by atoms with Gasteiger partial charge in [-0.15, -0.1) is 0 Å². The summed E-state index contributed by atoms with van der Waals surface area (Å²) >= 11 is 5.84. The molecule has 8 nitrogen and oxygen atoms in total. The van der Waals surface area contributed by atoms with E-state index in [1.165, 1.54) is 12.4 Å². The van der Waals surface area contributed by atoms with E-state index in [9.17, 15) is 9.59 Å². The average Bonchev–Trinajstić information content (AvgIpc) is 2.57. The van der Waals surface area contributed by atoms with Gasteiger partial charge in [-0.05, 0) is 38.5 Å². The summed E-state index contributed by atoms with van der Waals surface area (Å²) < 4.78 is 5.04. The third kappa shape index (κ3) is 6.41. The number of halogens is 1. The third-order valence-electron chi connectivity index (χ3n) is 3.69. The summed E-state index contributed by atoms with van der Waals surface area (Å²) in [5.41, 5.74) is 5.34. The minimum atomic E-state index is -0.873. The maximum absolute atomic E-state index is 12.6. The molecule has 0 saturated carbocycles. The molecule has 2 rings (SSSR count). The average molecular weight is 392 g/mol. The van der Waals surface area contributed by atoms with Crippen molar-refractivity contribution < 1.29 is 14.3 Å². The van der Waals surface area contributed by atoms with E-state index in [0.29, 0.717) is 28.6 Å². The number of aromatic nitrogens is 2. The number of ether oxygens (including phenoxy) is 1. The Morgan fingerprint density at radius 1 is 1.26 bits per heavy atom. The molecule has 0 aliphatic heterocycles. The minimum absolute atomic E-state index is 0.240. The van der Waals surface area contributed by atoms with E-state index < -0.39 is 17.6 Å². The van der Waals surface area contributed by atoms with Crippen molar-refractivity contribution >= 4 is 40.8 Å². The highest BCUT2D eigenvalue weighted by atomic mass is 35.5. The molecule has 0 aliphatic carbocycles. The van der Waals surface area contributed by atoms with Crippen molar-refractivity contribution in [1.29, 1.82) is 0 Å². The molecular weight excluding hydrogens is 370 g/mol. The molecule has 2 aromatic rings.